The summed E-state index contributed by atoms with van der Waals surface area (Å²) in [5.41, 5.74) is 0.611. The van der Waals surface area contributed by atoms with Crippen LogP contribution in [0, 0.1) is 0 Å². The molecule has 1 heterocycles. The lowest BCUT2D eigenvalue weighted by Crippen LogP contribution is -2.28. The SMILES string of the molecule is COc1nc(OCC(C)(C)O)c(-c2ccc(S(C)(=O)=O)cc2)cc1CO. The van der Waals surface area contributed by atoms with Crippen LogP contribution in [0.3, 0.4) is 0 Å². The third-order valence-electron chi connectivity index (χ3n) is 3.55. The first-order valence-electron chi connectivity index (χ1n) is 7.89. The molecule has 0 fully saturated rings. The summed E-state index contributed by atoms with van der Waals surface area (Å²) >= 11 is 0. The van der Waals surface area contributed by atoms with Crippen molar-refractivity contribution in [2.75, 3.05) is 20.0 Å². The second-order valence-electron chi connectivity index (χ2n) is 6.57. The van der Waals surface area contributed by atoms with Crippen LogP contribution in [0.2, 0.25) is 0 Å². The molecular formula is C18H23NO6S. The van der Waals surface area contributed by atoms with Gasteiger partial charge in [-0.15, -0.1) is 0 Å². The van der Waals surface area contributed by atoms with Gasteiger partial charge in [0.1, 0.15) is 6.61 Å². The van der Waals surface area contributed by atoms with Crippen molar-refractivity contribution in [1.82, 2.24) is 4.98 Å². The first-order valence-corrected chi connectivity index (χ1v) is 9.79. The minimum atomic E-state index is -3.30. The Hall–Kier alpha value is -2.16. The smallest absolute Gasteiger partial charge is 0.224 e. The van der Waals surface area contributed by atoms with Gasteiger partial charge in [0.25, 0.3) is 0 Å². The van der Waals surface area contributed by atoms with E-state index in [0.717, 1.165) is 6.26 Å². The van der Waals surface area contributed by atoms with Gasteiger partial charge in [0, 0.05) is 17.4 Å². The first-order chi connectivity index (χ1) is 12.0. The lowest BCUT2D eigenvalue weighted by molar-refractivity contribution is 0.0268. The Kier molecular flexibility index (Phi) is 5.90. The molecule has 0 saturated carbocycles. The molecule has 0 aliphatic heterocycles. The fourth-order valence-corrected chi connectivity index (χ4v) is 2.89. The van der Waals surface area contributed by atoms with Crippen LogP contribution < -0.4 is 9.47 Å². The molecule has 0 amide bonds. The molecule has 8 heteroatoms. The Morgan fingerprint density at radius 2 is 1.77 bits per heavy atom. The molecule has 7 nitrogen and oxygen atoms in total. The summed E-state index contributed by atoms with van der Waals surface area (Å²) in [5.74, 6) is 0.433. The summed E-state index contributed by atoms with van der Waals surface area (Å²) in [5, 5.41) is 19.4. The van der Waals surface area contributed by atoms with Gasteiger partial charge < -0.3 is 19.7 Å². The highest BCUT2D eigenvalue weighted by molar-refractivity contribution is 7.90. The number of pyridine rings is 1. The summed E-state index contributed by atoms with van der Waals surface area (Å²) < 4.78 is 34.1. The number of sulfone groups is 1. The van der Waals surface area contributed by atoms with Gasteiger partial charge in [-0.3, -0.25) is 0 Å². The van der Waals surface area contributed by atoms with Gasteiger partial charge >= 0.3 is 0 Å². The molecule has 0 bridgehead atoms. The molecule has 2 aromatic rings. The molecule has 0 aliphatic carbocycles. The molecule has 2 N–H and O–H groups in total. The number of ether oxygens (including phenoxy) is 2. The number of aliphatic hydroxyl groups excluding tert-OH is 1. The predicted octanol–water partition coefficient (Wildman–Crippen LogP) is 1.80. The first kappa shape index (κ1) is 20.2. The molecule has 0 atom stereocenters. The van der Waals surface area contributed by atoms with Crippen LogP contribution in [-0.4, -0.2) is 49.2 Å². The van der Waals surface area contributed by atoms with Crippen molar-refractivity contribution in [3.05, 3.63) is 35.9 Å². The van der Waals surface area contributed by atoms with Crippen LogP contribution >= 0.6 is 0 Å². The van der Waals surface area contributed by atoms with Gasteiger partial charge in [0.15, 0.2) is 9.84 Å². The summed E-state index contributed by atoms with van der Waals surface area (Å²) in [6, 6.07) is 7.93. The summed E-state index contributed by atoms with van der Waals surface area (Å²) in [7, 11) is -1.87. The average molecular weight is 381 g/mol. The fraction of sp³-hybridized carbons (Fsp3) is 0.389. The van der Waals surface area contributed by atoms with Crippen molar-refractivity contribution in [3.63, 3.8) is 0 Å². The van der Waals surface area contributed by atoms with E-state index in [0.29, 0.717) is 16.7 Å². The Morgan fingerprint density at radius 3 is 2.23 bits per heavy atom. The van der Waals surface area contributed by atoms with Crippen molar-refractivity contribution < 1.29 is 28.1 Å². The van der Waals surface area contributed by atoms with Crippen LogP contribution in [0.5, 0.6) is 11.8 Å². The zero-order valence-electron chi connectivity index (χ0n) is 15.2. The largest absolute Gasteiger partial charge is 0.481 e. The van der Waals surface area contributed by atoms with Gasteiger partial charge in [-0.2, -0.15) is 4.98 Å². The molecule has 0 aliphatic rings. The molecule has 1 aromatic carbocycles. The molecule has 0 spiro atoms. The molecule has 0 saturated heterocycles. The lowest BCUT2D eigenvalue weighted by Gasteiger charge is -2.20. The van der Waals surface area contributed by atoms with E-state index in [2.05, 4.69) is 4.98 Å². The molecule has 142 valence electrons. The van der Waals surface area contributed by atoms with Crippen LogP contribution in [0.4, 0.5) is 0 Å². The number of benzene rings is 1. The minimum absolute atomic E-state index is 0.00392. The van der Waals surface area contributed by atoms with Crippen LogP contribution in [0.15, 0.2) is 35.2 Å². The number of aromatic nitrogens is 1. The number of hydrogen-bond donors (Lipinski definition) is 2. The second-order valence-corrected chi connectivity index (χ2v) is 8.58. The standard InChI is InChI=1S/C18H23NO6S/c1-18(2,21)11-25-17-15(9-13(10-20)16(19-17)24-3)12-5-7-14(8-6-12)26(4,22)23/h5-9,20-21H,10-11H2,1-4H3. The minimum Gasteiger partial charge on any atom is -0.481 e. The molecule has 26 heavy (non-hydrogen) atoms. The number of methoxy groups -OCH3 is 1. The van der Waals surface area contributed by atoms with Gasteiger partial charge in [-0.05, 0) is 37.6 Å². The van der Waals surface area contributed by atoms with Gasteiger partial charge in [-0.25, -0.2) is 8.42 Å². The Labute approximate surface area is 153 Å². The fourth-order valence-electron chi connectivity index (χ4n) is 2.26. The lowest BCUT2D eigenvalue weighted by atomic mass is 10.0. The van der Waals surface area contributed by atoms with Crippen molar-refractivity contribution >= 4 is 9.84 Å². The van der Waals surface area contributed by atoms with Crippen molar-refractivity contribution in [2.24, 2.45) is 0 Å². The Bertz CT molecular complexity index is 870. The van der Waals surface area contributed by atoms with Crippen molar-refractivity contribution in [2.45, 2.75) is 31.0 Å². The van der Waals surface area contributed by atoms with Crippen molar-refractivity contribution in [3.8, 4) is 22.9 Å². The maximum Gasteiger partial charge on any atom is 0.224 e. The monoisotopic (exact) mass is 381 g/mol. The molecular weight excluding hydrogens is 358 g/mol. The Morgan fingerprint density at radius 1 is 1.15 bits per heavy atom. The van der Waals surface area contributed by atoms with Gasteiger partial charge in [-0.1, -0.05) is 12.1 Å². The number of nitrogens with zero attached hydrogens (tertiary/aromatic N) is 1. The highest BCUT2D eigenvalue weighted by atomic mass is 32.2. The van der Waals surface area contributed by atoms with E-state index in [-0.39, 0.29) is 29.9 Å². The van der Waals surface area contributed by atoms with E-state index in [9.17, 15) is 18.6 Å². The Balaban J connectivity index is 2.53. The highest BCUT2D eigenvalue weighted by Crippen LogP contribution is 2.34. The zero-order valence-corrected chi connectivity index (χ0v) is 16.0. The van der Waals surface area contributed by atoms with Gasteiger partial charge in [0.2, 0.25) is 11.8 Å². The van der Waals surface area contributed by atoms with E-state index in [1.165, 1.54) is 19.2 Å². The topological polar surface area (TPSA) is 106 Å². The maximum absolute atomic E-state index is 11.6. The summed E-state index contributed by atoms with van der Waals surface area (Å²) in [4.78, 5) is 4.48. The van der Waals surface area contributed by atoms with Crippen LogP contribution in [0.25, 0.3) is 11.1 Å². The molecule has 0 unspecified atom stereocenters. The second kappa shape index (κ2) is 7.61. The van der Waals surface area contributed by atoms with Crippen molar-refractivity contribution in [1.29, 1.82) is 0 Å². The quantitative estimate of drug-likeness (QED) is 0.753. The number of rotatable bonds is 7. The zero-order chi connectivity index (χ0) is 19.5. The normalized spacial score (nSPS) is 12.1. The number of aliphatic hydroxyl groups is 2. The van der Waals surface area contributed by atoms with Crippen LogP contribution in [0.1, 0.15) is 19.4 Å². The third-order valence-corrected chi connectivity index (χ3v) is 4.67. The molecule has 0 radical (unpaired) electrons. The molecule has 2 rings (SSSR count). The van der Waals surface area contributed by atoms with E-state index >= 15 is 0 Å². The average Bonchev–Trinajstić information content (AvgIpc) is 2.57. The van der Waals surface area contributed by atoms with E-state index < -0.39 is 15.4 Å². The van der Waals surface area contributed by atoms with E-state index in [4.69, 9.17) is 9.47 Å². The summed E-state index contributed by atoms with van der Waals surface area (Å²) in [6.07, 6.45) is 1.14. The van der Waals surface area contributed by atoms with E-state index in [1.807, 2.05) is 0 Å². The molecule has 1 aromatic heterocycles. The predicted molar refractivity (Wildman–Crippen MR) is 97.1 cm³/mol. The maximum atomic E-state index is 11.6. The summed E-state index contributed by atoms with van der Waals surface area (Å²) in [6.45, 7) is 2.92. The number of hydrogen-bond acceptors (Lipinski definition) is 7. The van der Waals surface area contributed by atoms with Gasteiger partial charge in [0.05, 0.1) is 24.2 Å². The van der Waals surface area contributed by atoms with Crippen LogP contribution in [-0.2, 0) is 16.4 Å². The highest BCUT2D eigenvalue weighted by Gasteiger charge is 2.19. The third kappa shape index (κ3) is 4.94. The van der Waals surface area contributed by atoms with E-state index in [1.54, 1.807) is 32.0 Å².